The van der Waals surface area contributed by atoms with E-state index >= 15 is 0 Å². The molecular weight excluding hydrogens is 641 g/mol. The van der Waals surface area contributed by atoms with Crippen molar-refractivity contribution in [3.63, 3.8) is 0 Å². The van der Waals surface area contributed by atoms with E-state index in [1.807, 2.05) is 42.9 Å². The first kappa shape index (κ1) is 38.0. The van der Waals surface area contributed by atoms with Crippen molar-refractivity contribution in [2.45, 2.75) is 104 Å². The number of ketones is 1. The quantitative estimate of drug-likeness (QED) is 0.0928. The summed E-state index contributed by atoms with van der Waals surface area (Å²) in [6.45, 7) is 30.9. The van der Waals surface area contributed by atoms with Crippen molar-refractivity contribution in [1.29, 1.82) is 0 Å². The lowest BCUT2D eigenvalue weighted by atomic mass is 10.0. The van der Waals surface area contributed by atoms with Crippen molar-refractivity contribution in [2.75, 3.05) is 6.61 Å². The summed E-state index contributed by atoms with van der Waals surface area (Å²) in [6, 6.07) is 15.5. The van der Waals surface area contributed by atoms with Gasteiger partial charge in [0, 0.05) is 17.7 Å². The molecule has 2 aromatic carbocycles. The lowest BCUT2D eigenvalue weighted by Crippen LogP contribution is -2.56. The van der Waals surface area contributed by atoms with Crippen LogP contribution < -0.4 is 9.16 Å². The van der Waals surface area contributed by atoms with E-state index in [1.54, 1.807) is 12.1 Å². The molecular formula is C30H56O7Si6. The average molecular weight is 697 g/mol. The third-order valence-electron chi connectivity index (χ3n) is 5.61. The van der Waals surface area contributed by atoms with Gasteiger partial charge >= 0.3 is 17.4 Å². The third-order valence-corrected chi connectivity index (χ3v) is 23.7. The number of benzene rings is 2. The molecule has 7 nitrogen and oxygen atoms in total. The predicted molar refractivity (Wildman–Crippen MR) is 193 cm³/mol. The molecule has 0 radical (unpaired) electrons. The van der Waals surface area contributed by atoms with Crippen LogP contribution in [0.3, 0.4) is 0 Å². The fourth-order valence-corrected chi connectivity index (χ4v) is 27.8. The van der Waals surface area contributed by atoms with E-state index in [0.29, 0.717) is 23.5 Å². The topological polar surface area (TPSA) is 72.5 Å². The molecule has 13 heteroatoms. The van der Waals surface area contributed by atoms with E-state index in [4.69, 9.17) is 25.6 Å². The van der Waals surface area contributed by atoms with Crippen LogP contribution in [0.4, 0.5) is 0 Å². The summed E-state index contributed by atoms with van der Waals surface area (Å²) < 4.78 is 38.4. The van der Waals surface area contributed by atoms with Crippen LogP contribution in [0.1, 0.15) is 22.3 Å². The molecule has 2 rings (SSSR count). The summed E-state index contributed by atoms with van der Waals surface area (Å²) in [7, 11) is -12.4. The zero-order valence-electron chi connectivity index (χ0n) is 29.1. The van der Waals surface area contributed by atoms with Gasteiger partial charge in [0.2, 0.25) is 0 Å². The molecule has 0 aliphatic heterocycles. The second-order valence-corrected chi connectivity index (χ2v) is 40.1. The largest absolute Gasteiger partial charge is 0.541 e. The van der Waals surface area contributed by atoms with E-state index in [-0.39, 0.29) is 5.78 Å². The van der Waals surface area contributed by atoms with E-state index in [0.717, 1.165) is 18.2 Å². The van der Waals surface area contributed by atoms with Crippen molar-refractivity contribution in [3.05, 3.63) is 59.7 Å². The second kappa shape index (κ2) is 14.5. The molecule has 0 heterocycles. The van der Waals surface area contributed by atoms with E-state index in [1.165, 1.54) is 0 Å². The number of rotatable bonds is 17. The van der Waals surface area contributed by atoms with Crippen LogP contribution in [0, 0.1) is 0 Å². The Kier molecular flexibility index (Phi) is 12.8. The molecule has 0 aromatic heterocycles. The average Bonchev–Trinajstić information content (AvgIpc) is 2.77. The van der Waals surface area contributed by atoms with Crippen LogP contribution >= 0.6 is 0 Å². The van der Waals surface area contributed by atoms with Crippen LogP contribution in [-0.4, -0.2) is 63.0 Å². The zero-order chi connectivity index (χ0) is 32.9. The Morgan fingerprint density at radius 1 is 0.535 bits per heavy atom. The fourth-order valence-electron chi connectivity index (χ4n) is 4.93. The van der Waals surface area contributed by atoms with Gasteiger partial charge in [-0.2, -0.15) is 0 Å². The van der Waals surface area contributed by atoms with Crippen LogP contribution in [0.25, 0.3) is 0 Å². The minimum Gasteiger partial charge on any atom is -0.502 e. The van der Waals surface area contributed by atoms with Crippen molar-refractivity contribution >= 4 is 56.4 Å². The van der Waals surface area contributed by atoms with Crippen molar-refractivity contribution in [3.8, 4) is 11.5 Å². The van der Waals surface area contributed by atoms with Gasteiger partial charge in [-0.05, 0) is 146 Å². The smallest absolute Gasteiger partial charge is 0.502 e. The monoisotopic (exact) mass is 696 g/mol. The van der Waals surface area contributed by atoms with Gasteiger partial charge in [0.15, 0.2) is 39.1 Å². The molecule has 0 saturated heterocycles. The van der Waals surface area contributed by atoms with Crippen molar-refractivity contribution in [2.24, 2.45) is 0 Å². The minimum atomic E-state index is -2.91. The van der Waals surface area contributed by atoms with Crippen LogP contribution in [0.15, 0.2) is 48.5 Å². The lowest BCUT2D eigenvalue weighted by Gasteiger charge is -2.38. The fraction of sp³-hybridized carbons (Fsp3) is 0.567. The predicted octanol–water partition coefficient (Wildman–Crippen LogP) is 9.11. The third kappa shape index (κ3) is 15.1. The first-order valence-corrected chi connectivity index (χ1v) is 33.6. The number of hydrogen-bond donors (Lipinski definition) is 0. The Balaban J connectivity index is 2.00. The van der Waals surface area contributed by atoms with Gasteiger partial charge in [-0.15, -0.1) is 0 Å². The van der Waals surface area contributed by atoms with Crippen LogP contribution in [-0.2, 0) is 16.5 Å². The highest BCUT2D eigenvalue weighted by molar-refractivity contribution is 6.88. The number of carbonyl (C=O) groups excluding carboxylic acids is 1. The summed E-state index contributed by atoms with van der Waals surface area (Å²) in [5, 5.41) is 0. The van der Waals surface area contributed by atoms with Gasteiger partial charge in [-0.3, -0.25) is 4.79 Å². The molecule has 0 spiro atoms. The molecule has 2 aromatic rings. The van der Waals surface area contributed by atoms with E-state index in [9.17, 15) is 4.79 Å². The molecule has 0 fully saturated rings. The Labute approximate surface area is 267 Å². The second-order valence-electron chi connectivity index (χ2n) is 15.3. The van der Waals surface area contributed by atoms with Gasteiger partial charge < -0.3 is 25.6 Å². The highest BCUT2D eigenvalue weighted by atomic mass is 28.5. The summed E-state index contributed by atoms with van der Waals surface area (Å²) in [5.41, 5.74) is 1.20. The van der Waals surface area contributed by atoms with Crippen LogP contribution in [0.5, 0.6) is 11.5 Å². The molecule has 0 atom stereocenters. The molecule has 0 amide bonds. The van der Waals surface area contributed by atoms with Gasteiger partial charge in [0.1, 0.15) is 11.5 Å². The summed E-state index contributed by atoms with van der Waals surface area (Å²) >= 11 is 0. The zero-order valence-corrected chi connectivity index (χ0v) is 35.1. The number of carbonyl (C=O) groups is 1. The van der Waals surface area contributed by atoms with Crippen molar-refractivity contribution in [1.82, 2.24) is 0 Å². The Morgan fingerprint density at radius 3 is 1.28 bits per heavy atom. The molecule has 43 heavy (non-hydrogen) atoms. The highest BCUT2D eigenvalue weighted by Crippen LogP contribution is 2.27. The SMILES string of the molecule is C[Si](C)(C)O[Si](C)(CCCOc1ccc(C(=O)c2ccc(O[Si](C)(O[Si](C)(C)C)O[Si](C)(C)C)cc2)cc1)O[Si](C)(C)C. The first-order chi connectivity index (χ1) is 19.4. The first-order valence-electron chi connectivity index (χ1n) is 15.2. The lowest BCUT2D eigenvalue weighted by molar-refractivity contribution is 0.103. The maximum atomic E-state index is 13.2. The maximum absolute atomic E-state index is 13.2. The molecule has 0 aliphatic carbocycles. The highest BCUT2D eigenvalue weighted by Gasteiger charge is 2.45. The maximum Gasteiger partial charge on any atom is 0.541 e. The summed E-state index contributed by atoms with van der Waals surface area (Å²) in [4.78, 5) is 13.2. The molecule has 0 saturated carbocycles. The Bertz CT molecular complexity index is 1150. The Hall–Kier alpha value is -1.15. The molecule has 0 aliphatic rings. The minimum absolute atomic E-state index is 0.0523. The van der Waals surface area contributed by atoms with Gasteiger partial charge in [-0.1, -0.05) is 0 Å². The summed E-state index contributed by atoms with van der Waals surface area (Å²) in [6.07, 6.45) is 0.862. The van der Waals surface area contributed by atoms with E-state index in [2.05, 4.69) is 85.1 Å². The normalized spacial score (nSPS) is 13.6. The molecule has 0 bridgehead atoms. The van der Waals surface area contributed by atoms with E-state index < -0.39 is 50.6 Å². The van der Waals surface area contributed by atoms with Gasteiger partial charge in [0.05, 0.1) is 6.61 Å². The number of hydrogen-bond acceptors (Lipinski definition) is 7. The van der Waals surface area contributed by atoms with Gasteiger partial charge in [0.25, 0.3) is 0 Å². The van der Waals surface area contributed by atoms with Gasteiger partial charge in [-0.25, -0.2) is 0 Å². The standard InChI is InChI=1S/C30H56O7Si6/c1-38(2,3)34-42(13,35-39(4,5)6)25-15-24-32-28-20-16-26(17-21-28)30(31)27-18-22-29(23-19-27)33-43(14,36-40(7,8)9)37-41(10,11)12/h16-23H,15,24-25H2,1-14H3. The summed E-state index contributed by atoms with van der Waals surface area (Å²) in [5.74, 6) is 1.34. The van der Waals surface area contributed by atoms with Crippen LogP contribution in [0.2, 0.25) is 97.7 Å². The van der Waals surface area contributed by atoms with Crippen molar-refractivity contribution < 1.29 is 30.4 Å². The number of ether oxygens (including phenoxy) is 1. The Morgan fingerprint density at radius 2 is 0.907 bits per heavy atom. The molecule has 0 N–H and O–H groups in total. The molecule has 0 unspecified atom stereocenters. The molecule has 242 valence electrons.